The van der Waals surface area contributed by atoms with Crippen LogP contribution in [-0.4, -0.2) is 34.7 Å². The second-order valence-electron chi connectivity index (χ2n) is 9.52. The average Bonchev–Trinajstić information content (AvgIpc) is 3.25. The first kappa shape index (κ1) is 21.9. The number of carboxylic acids is 1. The first-order valence-electron chi connectivity index (χ1n) is 11.9. The van der Waals surface area contributed by atoms with Crippen molar-refractivity contribution in [2.75, 3.05) is 13.2 Å². The lowest BCUT2D eigenvalue weighted by molar-refractivity contribution is -0.100. The van der Waals surface area contributed by atoms with Crippen molar-refractivity contribution >= 4 is 5.97 Å². The molecular weight excluding hydrogens is 410 g/mol. The van der Waals surface area contributed by atoms with Crippen molar-refractivity contribution < 1.29 is 14.6 Å². The molecule has 3 aromatic carbocycles. The molecule has 1 spiro atoms. The van der Waals surface area contributed by atoms with Gasteiger partial charge in [-0.25, -0.2) is 4.79 Å². The number of aryl methyl sites for hydroxylation is 1. The van der Waals surface area contributed by atoms with Crippen molar-refractivity contribution in [3.05, 3.63) is 107 Å². The topological polar surface area (TPSA) is 49.8 Å². The summed E-state index contributed by atoms with van der Waals surface area (Å²) in [6.07, 6.45) is 3.17. The third-order valence-electron chi connectivity index (χ3n) is 7.42. The highest BCUT2D eigenvalue weighted by Crippen LogP contribution is 2.51. The van der Waals surface area contributed by atoms with E-state index in [1.165, 1.54) is 16.7 Å². The maximum Gasteiger partial charge on any atom is 0.335 e. The Hall–Kier alpha value is -2.95. The van der Waals surface area contributed by atoms with Gasteiger partial charge in [0.1, 0.15) is 0 Å². The molecule has 0 amide bonds. The summed E-state index contributed by atoms with van der Waals surface area (Å²) in [6.45, 7) is 4.55. The highest BCUT2D eigenvalue weighted by Gasteiger charge is 2.51. The predicted molar refractivity (Wildman–Crippen MR) is 129 cm³/mol. The largest absolute Gasteiger partial charge is 0.478 e. The Labute approximate surface area is 195 Å². The van der Waals surface area contributed by atoms with Crippen LogP contribution < -0.4 is 0 Å². The lowest BCUT2D eigenvalue weighted by Crippen LogP contribution is -2.50. The molecule has 1 N–H and O–H groups in total. The quantitative estimate of drug-likeness (QED) is 0.530. The van der Waals surface area contributed by atoms with E-state index in [-0.39, 0.29) is 11.6 Å². The van der Waals surface area contributed by atoms with Crippen molar-refractivity contribution in [3.63, 3.8) is 0 Å². The molecule has 33 heavy (non-hydrogen) atoms. The molecule has 0 bridgehead atoms. The summed E-state index contributed by atoms with van der Waals surface area (Å²) in [5.74, 6) is -0.469. The highest BCUT2D eigenvalue weighted by atomic mass is 16.5. The van der Waals surface area contributed by atoms with Crippen LogP contribution in [-0.2, 0) is 11.3 Å². The summed E-state index contributed by atoms with van der Waals surface area (Å²) >= 11 is 0. The normalized spacial score (nSPS) is 25.4. The van der Waals surface area contributed by atoms with Crippen LogP contribution in [0.4, 0.5) is 0 Å². The van der Waals surface area contributed by atoms with Gasteiger partial charge < -0.3 is 9.84 Å². The molecule has 2 aliphatic heterocycles. The average molecular weight is 442 g/mol. The van der Waals surface area contributed by atoms with Crippen molar-refractivity contribution in [1.82, 2.24) is 4.90 Å². The van der Waals surface area contributed by atoms with Crippen LogP contribution in [0.25, 0.3) is 0 Å². The number of hydrogen-bond acceptors (Lipinski definition) is 3. The van der Waals surface area contributed by atoms with Gasteiger partial charge in [0.25, 0.3) is 0 Å². The smallest absolute Gasteiger partial charge is 0.335 e. The molecule has 0 unspecified atom stereocenters. The van der Waals surface area contributed by atoms with E-state index in [4.69, 9.17) is 4.74 Å². The number of aromatic carboxylic acids is 1. The van der Waals surface area contributed by atoms with Crippen molar-refractivity contribution in [1.29, 1.82) is 0 Å². The van der Waals surface area contributed by atoms with Gasteiger partial charge in [-0.05, 0) is 67.1 Å². The summed E-state index contributed by atoms with van der Waals surface area (Å²) in [4.78, 5) is 13.9. The van der Waals surface area contributed by atoms with E-state index in [0.717, 1.165) is 44.5 Å². The summed E-state index contributed by atoms with van der Waals surface area (Å²) in [7, 11) is 0. The first-order chi connectivity index (χ1) is 16.1. The Morgan fingerprint density at radius 3 is 2.39 bits per heavy atom. The van der Waals surface area contributed by atoms with Gasteiger partial charge in [-0.15, -0.1) is 0 Å². The number of benzene rings is 3. The van der Waals surface area contributed by atoms with E-state index in [1.807, 2.05) is 13.0 Å². The van der Waals surface area contributed by atoms with Gasteiger partial charge in [0, 0.05) is 12.5 Å². The SMILES string of the molecule is Cc1cc(C(=O)O)ccc1CN1CCC[C@@]2(C[C@@H](c3ccccc3)CO2)[C@@H]1c1ccccc1. The van der Waals surface area contributed by atoms with Crippen molar-refractivity contribution in [2.24, 2.45) is 0 Å². The number of rotatable bonds is 5. The van der Waals surface area contributed by atoms with Crippen molar-refractivity contribution in [2.45, 2.75) is 50.3 Å². The number of ether oxygens (including phenoxy) is 1. The van der Waals surface area contributed by atoms with Gasteiger partial charge in [-0.2, -0.15) is 0 Å². The lowest BCUT2D eigenvalue weighted by atomic mass is 9.75. The Balaban J connectivity index is 1.47. The molecule has 2 fully saturated rings. The van der Waals surface area contributed by atoms with Gasteiger partial charge in [0.05, 0.1) is 23.8 Å². The van der Waals surface area contributed by atoms with E-state index in [1.54, 1.807) is 12.1 Å². The first-order valence-corrected chi connectivity index (χ1v) is 11.9. The third kappa shape index (κ3) is 4.33. The number of carbonyl (C=O) groups is 1. The zero-order valence-electron chi connectivity index (χ0n) is 19.1. The fourth-order valence-electron chi connectivity index (χ4n) is 5.83. The van der Waals surface area contributed by atoms with Gasteiger partial charge in [-0.1, -0.05) is 66.7 Å². The second-order valence-corrected chi connectivity index (χ2v) is 9.52. The number of nitrogens with zero attached hydrogens (tertiary/aromatic N) is 1. The summed E-state index contributed by atoms with van der Waals surface area (Å²) in [6, 6.07) is 27.2. The molecule has 0 radical (unpaired) electrons. The third-order valence-corrected chi connectivity index (χ3v) is 7.42. The minimum Gasteiger partial charge on any atom is -0.478 e. The highest BCUT2D eigenvalue weighted by molar-refractivity contribution is 5.87. The van der Waals surface area contributed by atoms with E-state index in [9.17, 15) is 9.90 Å². The summed E-state index contributed by atoms with van der Waals surface area (Å²) in [5, 5.41) is 9.34. The van der Waals surface area contributed by atoms with Crippen LogP contribution in [0.1, 0.15) is 63.8 Å². The number of piperidine rings is 1. The number of likely N-dealkylation sites (tertiary alicyclic amines) is 1. The zero-order valence-corrected chi connectivity index (χ0v) is 19.1. The molecule has 0 aliphatic carbocycles. The molecule has 4 nitrogen and oxygen atoms in total. The molecular formula is C29H31NO3. The van der Waals surface area contributed by atoms with E-state index >= 15 is 0 Å². The van der Waals surface area contributed by atoms with Gasteiger partial charge in [-0.3, -0.25) is 4.90 Å². The van der Waals surface area contributed by atoms with E-state index in [2.05, 4.69) is 65.6 Å². The number of hydrogen-bond donors (Lipinski definition) is 1. The molecule has 5 rings (SSSR count). The predicted octanol–water partition coefficient (Wildman–Crippen LogP) is 5.97. The lowest BCUT2D eigenvalue weighted by Gasteiger charge is -2.48. The minimum absolute atomic E-state index is 0.166. The van der Waals surface area contributed by atoms with Gasteiger partial charge in [0.2, 0.25) is 0 Å². The molecule has 0 saturated carbocycles. The minimum atomic E-state index is -0.880. The van der Waals surface area contributed by atoms with Crippen LogP contribution in [0.5, 0.6) is 0 Å². The maximum absolute atomic E-state index is 11.4. The molecule has 3 aromatic rings. The van der Waals surface area contributed by atoms with Crippen LogP contribution in [0.3, 0.4) is 0 Å². The Bertz CT molecular complexity index is 1110. The standard InChI is InChI=1S/C29H31NO3/c1-21-17-24(28(31)32)13-14-25(21)19-30-16-8-15-29(27(30)23-11-6-3-7-12-23)18-26(20-33-29)22-9-4-2-5-10-22/h2-7,9-14,17,26-27H,8,15-16,18-20H2,1H3,(H,31,32)/t26-,27+,29-/m1/s1. The maximum atomic E-state index is 11.4. The number of carboxylic acid groups (broad SMARTS) is 1. The molecule has 4 heteroatoms. The fourth-order valence-corrected chi connectivity index (χ4v) is 5.83. The zero-order chi connectivity index (χ0) is 22.8. The molecule has 2 heterocycles. The Morgan fingerprint density at radius 1 is 1.03 bits per heavy atom. The van der Waals surface area contributed by atoms with E-state index < -0.39 is 5.97 Å². The monoisotopic (exact) mass is 441 g/mol. The van der Waals surface area contributed by atoms with Crippen molar-refractivity contribution in [3.8, 4) is 0 Å². The summed E-state index contributed by atoms with van der Waals surface area (Å²) < 4.78 is 6.74. The second kappa shape index (κ2) is 9.12. The Kier molecular flexibility index (Phi) is 6.05. The molecule has 2 aliphatic rings. The molecule has 170 valence electrons. The van der Waals surface area contributed by atoms with Crippen LogP contribution in [0.15, 0.2) is 78.9 Å². The molecule has 3 atom stereocenters. The molecule has 0 aromatic heterocycles. The van der Waals surface area contributed by atoms with Crippen LogP contribution >= 0.6 is 0 Å². The fraction of sp³-hybridized carbons (Fsp3) is 0.345. The van der Waals surface area contributed by atoms with Gasteiger partial charge in [0.15, 0.2) is 0 Å². The molecule has 2 saturated heterocycles. The Morgan fingerprint density at radius 2 is 1.73 bits per heavy atom. The van der Waals surface area contributed by atoms with E-state index in [0.29, 0.717) is 11.5 Å². The van der Waals surface area contributed by atoms with Gasteiger partial charge >= 0.3 is 5.97 Å². The van der Waals surface area contributed by atoms with Crippen LogP contribution in [0, 0.1) is 6.92 Å². The summed E-state index contributed by atoms with van der Waals surface area (Å²) in [5.41, 5.74) is 4.99. The van der Waals surface area contributed by atoms with Crippen LogP contribution in [0.2, 0.25) is 0 Å².